The van der Waals surface area contributed by atoms with Crippen LogP contribution in [0.5, 0.6) is 5.75 Å². The van der Waals surface area contributed by atoms with E-state index < -0.39 is 11.4 Å². The summed E-state index contributed by atoms with van der Waals surface area (Å²) in [7, 11) is 1.62. The lowest BCUT2D eigenvalue weighted by Gasteiger charge is -2.23. The van der Waals surface area contributed by atoms with Gasteiger partial charge < -0.3 is 14.8 Å². The summed E-state index contributed by atoms with van der Waals surface area (Å²) in [5.41, 5.74) is 2.89. The molecule has 2 aliphatic rings. The molecular weight excluding hydrogens is 333 g/mol. The SMILES string of the molecule is COc1ccc(C2=C/C(=C3\C(=O)Nc4cc(F)ccc43)OC2(C)C)cc1. The fraction of sp³-hybridized carbons (Fsp3) is 0.190. The first kappa shape index (κ1) is 16.4. The van der Waals surface area contributed by atoms with Gasteiger partial charge in [-0.25, -0.2) is 4.39 Å². The highest BCUT2D eigenvalue weighted by Gasteiger charge is 2.37. The molecule has 4 rings (SSSR count). The molecule has 0 spiro atoms. The van der Waals surface area contributed by atoms with Crippen LogP contribution in [-0.2, 0) is 9.53 Å². The zero-order valence-corrected chi connectivity index (χ0v) is 14.7. The maximum atomic E-state index is 13.4. The zero-order valence-electron chi connectivity index (χ0n) is 14.7. The van der Waals surface area contributed by atoms with Gasteiger partial charge in [0.05, 0.1) is 18.4 Å². The first-order chi connectivity index (χ1) is 12.4. The van der Waals surface area contributed by atoms with E-state index in [0.717, 1.165) is 16.9 Å². The maximum Gasteiger partial charge on any atom is 0.260 e. The van der Waals surface area contributed by atoms with Crippen LogP contribution in [0.2, 0.25) is 0 Å². The number of methoxy groups -OCH3 is 1. The number of halogens is 1. The Kier molecular flexibility index (Phi) is 3.61. The second-order valence-corrected chi connectivity index (χ2v) is 6.78. The van der Waals surface area contributed by atoms with E-state index in [1.165, 1.54) is 12.1 Å². The van der Waals surface area contributed by atoms with Gasteiger partial charge in [0.2, 0.25) is 0 Å². The molecular formula is C21H18FNO3. The molecule has 0 saturated heterocycles. The van der Waals surface area contributed by atoms with Crippen molar-refractivity contribution in [3.63, 3.8) is 0 Å². The summed E-state index contributed by atoms with van der Waals surface area (Å²) in [4.78, 5) is 12.5. The highest BCUT2D eigenvalue weighted by atomic mass is 19.1. The zero-order chi connectivity index (χ0) is 18.5. The van der Waals surface area contributed by atoms with E-state index in [1.54, 1.807) is 13.2 Å². The van der Waals surface area contributed by atoms with Crippen molar-refractivity contribution in [1.82, 2.24) is 0 Å². The minimum Gasteiger partial charge on any atom is -0.497 e. The van der Waals surface area contributed by atoms with Crippen molar-refractivity contribution in [2.45, 2.75) is 19.4 Å². The van der Waals surface area contributed by atoms with E-state index in [1.807, 2.05) is 44.2 Å². The standard InChI is InChI=1S/C21H18FNO3/c1-21(2)16(12-4-7-14(25-3)8-5-12)11-18(26-21)19-15-9-6-13(22)10-17(15)23-20(19)24/h4-11H,1-3H3,(H,23,24)/b19-18+. The van der Waals surface area contributed by atoms with Gasteiger partial charge in [-0.05, 0) is 55.8 Å². The van der Waals surface area contributed by atoms with Gasteiger partial charge in [0.1, 0.15) is 22.9 Å². The molecule has 2 heterocycles. The number of anilines is 1. The van der Waals surface area contributed by atoms with Crippen molar-refractivity contribution in [1.29, 1.82) is 0 Å². The molecule has 0 aliphatic carbocycles. The number of ether oxygens (including phenoxy) is 2. The van der Waals surface area contributed by atoms with Gasteiger partial charge in [-0.1, -0.05) is 12.1 Å². The number of carbonyl (C=O) groups excluding carboxylic acids is 1. The monoisotopic (exact) mass is 351 g/mol. The number of amides is 1. The largest absolute Gasteiger partial charge is 0.497 e. The maximum absolute atomic E-state index is 13.4. The molecule has 2 aliphatic heterocycles. The Labute approximate surface area is 150 Å². The Hall–Kier alpha value is -3.08. The lowest BCUT2D eigenvalue weighted by atomic mass is 9.92. The fourth-order valence-electron chi connectivity index (χ4n) is 3.38. The highest BCUT2D eigenvalue weighted by Crippen LogP contribution is 2.44. The first-order valence-corrected chi connectivity index (χ1v) is 8.30. The van der Waals surface area contributed by atoms with Gasteiger partial charge in [-0.2, -0.15) is 0 Å². The van der Waals surface area contributed by atoms with Crippen molar-refractivity contribution in [2.75, 3.05) is 12.4 Å². The molecule has 2 aromatic carbocycles. The Morgan fingerprint density at radius 3 is 2.54 bits per heavy atom. The van der Waals surface area contributed by atoms with Crippen LogP contribution in [0.1, 0.15) is 25.0 Å². The molecule has 0 saturated carbocycles. The minimum absolute atomic E-state index is 0.288. The molecule has 2 aromatic rings. The predicted octanol–water partition coefficient (Wildman–Crippen LogP) is 4.39. The number of nitrogens with one attached hydrogen (secondary N) is 1. The van der Waals surface area contributed by atoms with Crippen LogP contribution in [0.4, 0.5) is 10.1 Å². The third-order valence-electron chi connectivity index (χ3n) is 4.66. The normalized spacial score (nSPS) is 20.3. The molecule has 1 N–H and O–H groups in total. The summed E-state index contributed by atoms with van der Waals surface area (Å²) in [5.74, 6) is 0.584. The van der Waals surface area contributed by atoms with Crippen LogP contribution in [0, 0.1) is 5.82 Å². The van der Waals surface area contributed by atoms with Crippen molar-refractivity contribution in [2.24, 2.45) is 0 Å². The number of rotatable bonds is 2. The lowest BCUT2D eigenvalue weighted by molar-refractivity contribution is -0.111. The topological polar surface area (TPSA) is 47.6 Å². The van der Waals surface area contributed by atoms with Gasteiger partial charge >= 0.3 is 0 Å². The summed E-state index contributed by atoms with van der Waals surface area (Å²) in [5, 5.41) is 2.70. The van der Waals surface area contributed by atoms with Crippen LogP contribution in [0.25, 0.3) is 11.1 Å². The van der Waals surface area contributed by atoms with Gasteiger partial charge in [0, 0.05) is 11.1 Å². The summed E-state index contributed by atoms with van der Waals surface area (Å²) >= 11 is 0. The van der Waals surface area contributed by atoms with Gasteiger partial charge in [0.25, 0.3) is 5.91 Å². The van der Waals surface area contributed by atoms with E-state index in [4.69, 9.17) is 9.47 Å². The Bertz CT molecular complexity index is 971. The van der Waals surface area contributed by atoms with E-state index in [9.17, 15) is 9.18 Å². The number of carbonyl (C=O) groups is 1. The van der Waals surface area contributed by atoms with Crippen LogP contribution in [-0.4, -0.2) is 18.6 Å². The van der Waals surface area contributed by atoms with Gasteiger partial charge in [0.15, 0.2) is 0 Å². The molecule has 4 nitrogen and oxygen atoms in total. The van der Waals surface area contributed by atoms with Crippen molar-refractivity contribution >= 4 is 22.7 Å². The molecule has 0 radical (unpaired) electrons. The lowest BCUT2D eigenvalue weighted by Crippen LogP contribution is -2.21. The number of allylic oxidation sites excluding steroid dienone is 1. The van der Waals surface area contributed by atoms with Crippen LogP contribution in [0.15, 0.2) is 54.3 Å². The van der Waals surface area contributed by atoms with E-state index >= 15 is 0 Å². The van der Waals surface area contributed by atoms with E-state index in [0.29, 0.717) is 22.6 Å². The number of fused-ring (bicyclic) bond motifs is 1. The second kappa shape index (κ2) is 5.73. The average Bonchev–Trinajstić information content (AvgIpc) is 3.09. The average molecular weight is 351 g/mol. The third-order valence-corrected chi connectivity index (χ3v) is 4.66. The van der Waals surface area contributed by atoms with Gasteiger partial charge in [-0.3, -0.25) is 4.79 Å². The van der Waals surface area contributed by atoms with Crippen LogP contribution in [0.3, 0.4) is 0 Å². The van der Waals surface area contributed by atoms with E-state index in [2.05, 4.69) is 5.32 Å². The predicted molar refractivity (Wildman–Crippen MR) is 98.1 cm³/mol. The van der Waals surface area contributed by atoms with Crippen LogP contribution >= 0.6 is 0 Å². The highest BCUT2D eigenvalue weighted by molar-refractivity contribution is 6.32. The van der Waals surface area contributed by atoms with Crippen molar-refractivity contribution < 1.29 is 18.7 Å². The second-order valence-electron chi connectivity index (χ2n) is 6.78. The first-order valence-electron chi connectivity index (χ1n) is 8.30. The number of benzene rings is 2. The van der Waals surface area contributed by atoms with Gasteiger partial charge in [-0.15, -0.1) is 0 Å². The molecule has 0 unspecified atom stereocenters. The molecule has 0 atom stereocenters. The smallest absolute Gasteiger partial charge is 0.260 e. The van der Waals surface area contributed by atoms with Crippen molar-refractivity contribution in [3.8, 4) is 5.75 Å². The Morgan fingerprint density at radius 2 is 1.85 bits per heavy atom. The summed E-state index contributed by atoms with van der Waals surface area (Å²) in [6.07, 6.45) is 1.88. The summed E-state index contributed by atoms with van der Waals surface area (Å²) in [6.45, 7) is 3.91. The quantitative estimate of drug-likeness (QED) is 0.817. The molecule has 0 fully saturated rings. The van der Waals surface area contributed by atoms with E-state index in [-0.39, 0.29) is 5.91 Å². The molecule has 1 amide bonds. The molecule has 132 valence electrons. The molecule has 0 aromatic heterocycles. The minimum atomic E-state index is -0.597. The summed E-state index contributed by atoms with van der Waals surface area (Å²) in [6, 6.07) is 11.9. The summed E-state index contributed by atoms with van der Waals surface area (Å²) < 4.78 is 24.8. The van der Waals surface area contributed by atoms with Crippen LogP contribution < -0.4 is 10.1 Å². The Morgan fingerprint density at radius 1 is 1.12 bits per heavy atom. The Balaban J connectivity index is 1.82. The molecule has 26 heavy (non-hydrogen) atoms. The molecule has 5 heteroatoms. The third kappa shape index (κ3) is 2.56. The fourth-order valence-corrected chi connectivity index (χ4v) is 3.38. The molecule has 0 bridgehead atoms. The van der Waals surface area contributed by atoms with Crippen molar-refractivity contribution in [3.05, 3.63) is 71.2 Å². The number of hydrogen-bond acceptors (Lipinski definition) is 3. The number of hydrogen-bond donors (Lipinski definition) is 1.